The van der Waals surface area contributed by atoms with Crippen LogP contribution >= 0.6 is 11.8 Å². The zero-order valence-corrected chi connectivity index (χ0v) is 16.7. The van der Waals surface area contributed by atoms with Crippen LogP contribution in [0.1, 0.15) is 24.7 Å². The van der Waals surface area contributed by atoms with E-state index in [1.807, 2.05) is 74.5 Å². The highest BCUT2D eigenvalue weighted by Crippen LogP contribution is 2.36. The molecule has 0 aliphatic carbocycles. The van der Waals surface area contributed by atoms with Crippen molar-refractivity contribution in [2.75, 3.05) is 13.2 Å². The molecular weight excluding hydrogens is 376 g/mol. The van der Waals surface area contributed by atoms with Crippen LogP contribution in [0.3, 0.4) is 0 Å². The van der Waals surface area contributed by atoms with Gasteiger partial charge in [0.2, 0.25) is 5.91 Å². The van der Waals surface area contributed by atoms with Crippen LogP contribution in [0.4, 0.5) is 0 Å². The number of nitrogens with one attached hydrogen (secondary N) is 2. The molecule has 2 aromatic rings. The van der Waals surface area contributed by atoms with E-state index in [9.17, 15) is 14.4 Å². The lowest BCUT2D eigenvalue weighted by molar-refractivity contribution is -0.148. The Hall–Kier alpha value is -2.80. The van der Waals surface area contributed by atoms with E-state index < -0.39 is 23.7 Å². The van der Waals surface area contributed by atoms with Crippen molar-refractivity contribution in [1.29, 1.82) is 0 Å². The first kappa shape index (κ1) is 21.5. The van der Waals surface area contributed by atoms with Gasteiger partial charge in [-0.05, 0) is 31.5 Å². The van der Waals surface area contributed by atoms with Gasteiger partial charge in [0.05, 0.1) is 6.54 Å². The van der Waals surface area contributed by atoms with Crippen molar-refractivity contribution in [3.8, 4) is 0 Å². The quantitative estimate of drug-likeness (QED) is 0.499. The molecule has 0 bridgehead atoms. The van der Waals surface area contributed by atoms with E-state index in [2.05, 4.69) is 10.6 Å². The molecule has 6 nitrogen and oxygen atoms in total. The number of hydrogen-bond acceptors (Lipinski definition) is 5. The van der Waals surface area contributed by atoms with Gasteiger partial charge < -0.3 is 15.4 Å². The minimum Gasteiger partial charge on any atom is -0.454 e. The Bertz CT molecular complexity index is 782. The minimum absolute atomic E-state index is 0.0103. The predicted octanol–water partition coefficient (Wildman–Crippen LogP) is 2.70. The number of carbonyl (C=O) groups is 3. The van der Waals surface area contributed by atoms with Gasteiger partial charge in [0, 0.05) is 10.9 Å². The highest BCUT2D eigenvalue weighted by atomic mass is 32.2. The van der Waals surface area contributed by atoms with E-state index in [0.717, 1.165) is 10.5 Å². The van der Waals surface area contributed by atoms with Gasteiger partial charge in [-0.3, -0.25) is 14.4 Å². The number of ether oxygens (including phenoxy) is 1. The number of rotatable bonds is 9. The molecule has 0 spiro atoms. The highest BCUT2D eigenvalue weighted by molar-refractivity contribution is 8.00. The van der Waals surface area contributed by atoms with Crippen LogP contribution in [0, 0.1) is 0 Å². The maximum Gasteiger partial charge on any atom is 0.324 e. The molecule has 2 rings (SSSR count). The zero-order chi connectivity index (χ0) is 20.4. The summed E-state index contributed by atoms with van der Waals surface area (Å²) in [5.74, 6) is -1.33. The summed E-state index contributed by atoms with van der Waals surface area (Å²) in [5.41, 5.74) is 0.790. The lowest BCUT2D eigenvalue weighted by Gasteiger charge is -2.16. The van der Waals surface area contributed by atoms with E-state index in [-0.39, 0.29) is 18.5 Å². The van der Waals surface area contributed by atoms with Crippen molar-refractivity contribution < 1.29 is 19.1 Å². The van der Waals surface area contributed by atoms with E-state index in [4.69, 9.17) is 4.74 Å². The first-order chi connectivity index (χ1) is 13.5. The number of hydrogen-bond donors (Lipinski definition) is 2. The van der Waals surface area contributed by atoms with Crippen molar-refractivity contribution in [1.82, 2.24) is 10.6 Å². The molecule has 0 aliphatic rings. The molecule has 148 valence electrons. The molecule has 2 N–H and O–H groups in total. The topological polar surface area (TPSA) is 84.5 Å². The lowest BCUT2D eigenvalue weighted by atomic mass is 10.1. The van der Waals surface area contributed by atoms with Crippen LogP contribution in [-0.2, 0) is 19.1 Å². The average Bonchev–Trinajstić information content (AvgIpc) is 2.69. The van der Waals surface area contributed by atoms with Crippen LogP contribution in [-0.4, -0.2) is 37.0 Å². The summed E-state index contributed by atoms with van der Waals surface area (Å²) in [6, 6.07) is 18.8. The summed E-state index contributed by atoms with van der Waals surface area (Å²) < 4.78 is 5.20. The number of benzene rings is 2. The third-order valence-electron chi connectivity index (χ3n) is 3.55. The standard InChI is InChI=1S/C21H24N2O4S/c1-15(2)23-18(24)13-22-19(25)14-27-21(26)20(16-9-5-3-6-10-16)28-17-11-7-4-8-12-17/h3-12,15,20H,13-14H2,1-2H3,(H,22,25)(H,23,24)/t20-/m0/s1. The summed E-state index contributed by atoms with van der Waals surface area (Å²) >= 11 is 1.36. The number of esters is 1. The summed E-state index contributed by atoms with van der Waals surface area (Å²) in [7, 11) is 0. The Morgan fingerprint density at radius 1 is 0.929 bits per heavy atom. The molecule has 0 saturated carbocycles. The number of carbonyl (C=O) groups excluding carboxylic acids is 3. The Morgan fingerprint density at radius 3 is 2.14 bits per heavy atom. The van der Waals surface area contributed by atoms with Gasteiger partial charge >= 0.3 is 5.97 Å². The monoisotopic (exact) mass is 400 g/mol. The predicted molar refractivity (Wildman–Crippen MR) is 109 cm³/mol. The van der Waals surface area contributed by atoms with Gasteiger partial charge in [0.15, 0.2) is 6.61 Å². The molecule has 0 saturated heterocycles. The van der Waals surface area contributed by atoms with Gasteiger partial charge in [-0.1, -0.05) is 48.5 Å². The summed E-state index contributed by atoms with van der Waals surface area (Å²) in [4.78, 5) is 37.0. The maximum absolute atomic E-state index is 12.6. The Labute approximate surface area is 169 Å². The Balaban J connectivity index is 1.93. The van der Waals surface area contributed by atoms with Crippen molar-refractivity contribution in [3.05, 3.63) is 66.2 Å². The van der Waals surface area contributed by atoms with Crippen LogP contribution in [0.2, 0.25) is 0 Å². The molecule has 7 heteroatoms. The second-order valence-corrected chi connectivity index (χ2v) is 7.51. The average molecular weight is 401 g/mol. The molecule has 1 atom stereocenters. The molecule has 0 fully saturated rings. The van der Waals surface area contributed by atoms with Crippen LogP contribution < -0.4 is 10.6 Å². The Kier molecular flexibility index (Phi) is 8.55. The fourth-order valence-corrected chi connectivity index (χ4v) is 3.37. The highest BCUT2D eigenvalue weighted by Gasteiger charge is 2.24. The van der Waals surface area contributed by atoms with Gasteiger partial charge in [0.1, 0.15) is 5.25 Å². The van der Waals surface area contributed by atoms with E-state index in [1.165, 1.54) is 11.8 Å². The largest absolute Gasteiger partial charge is 0.454 e. The van der Waals surface area contributed by atoms with E-state index in [0.29, 0.717) is 0 Å². The van der Waals surface area contributed by atoms with E-state index in [1.54, 1.807) is 0 Å². The zero-order valence-electron chi connectivity index (χ0n) is 15.9. The lowest BCUT2D eigenvalue weighted by Crippen LogP contribution is -2.41. The SMILES string of the molecule is CC(C)NC(=O)CNC(=O)COC(=O)[C@@H](Sc1ccccc1)c1ccccc1. The van der Waals surface area contributed by atoms with Gasteiger partial charge in [0.25, 0.3) is 5.91 Å². The van der Waals surface area contributed by atoms with Crippen LogP contribution in [0.15, 0.2) is 65.6 Å². The van der Waals surface area contributed by atoms with Crippen molar-refractivity contribution in [2.45, 2.75) is 30.0 Å². The third-order valence-corrected chi connectivity index (χ3v) is 4.80. The fourth-order valence-electron chi connectivity index (χ4n) is 2.33. The molecule has 2 aromatic carbocycles. The van der Waals surface area contributed by atoms with Gasteiger partial charge in [-0.2, -0.15) is 0 Å². The van der Waals surface area contributed by atoms with Crippen LogP contribution in [0.5, 0.6) is 0 Å². The molecule has 0 aliphatic heterocycles. The first-order valence-electron chi connectivity index (χ1n) is 8.95. The molecule has 2 amide bonds. The maximum atomic E-state index is 12.6. The molecule has 0 heterocycles. The Morgan fingerprint density at radius 2 is 1.54 bits per heavy atom. The number of thioether (sulfide) groups is 1. The molecule has 28 heavy (non-hydrogen) atoms. The molecular formula is C21H24N2O4S. The second kappa shape index (κ2) is 11.1. The molecule has 0 unspecified atom stereocenters. The minimum atomic E-state index is -0.597. The molecule has 0 aromatic heterocycles. The third kappa shape index (κ3) is 7.44. The first-order valence-corrected chi connectivity index (χ1v) is 9.83. The fraction of sp³-hybridized carbons (Fsp3) is 0.286. The van der Waals surface area contributed by atoms with Crippen molar-refractivity contribution >= 4 is 29.5 Å². The van der Waals surface area contributed by atoms with Crippen molar-refractivity contribution in [3.63, 3.8) is 0 Å². The smallest absolute Gasteiger partial charge is 0.324 e. The van der Waals surface area contributed by atoms with Crippen LogP contribution in [0.25, 0.3) is 0 Å². The summed E-state index contributed by atoms with van der Waals surface area (Å²) in [5, 5.41) is 4.51. The number of amides is 2. The molecule has 0 radical (unpaired) electrons. The van der Waals surface area contributed by atoms with Gasteiger partial charge in [-0.25, -0.2) is 0 Å². The van der Waals surface area contributed by atoms with E-state index >= 15 is 0 Å². The normalized spacial score (nSPS) is 11.5. The van der Waals surface area contributed by atoms with Crippen molar-refractivity contribution in [2.24, 2.45) is 0 Å². The summed E-state index contributed by atoms with van der Waals surface area (Å²) in [6.45, 7) is 3.06. The second-order valence-electron chi connectivity index (χ2n) is 6.33. The van der Waals surface area contributed by atoms with Gasteiger partial charge in [-0.15, -0.1) is 11.8 Å². The summed E-state index contributed by atoms with van der Waals surface area (Å²) in [6.07, 6.45) is 0.